The van der Waals surface area contributed by atoms with Gasteiger partial charge in [-0.1, -0.05) is 17.7 Å². The summed E-state index contributed by atoms with van der Waals surface area (Å²) in [7, 11) is 0. The van der Waals surface area contributed by atoms with Gasteiger partial charge in [-0.3, -0.25) is 0 Å². The molecule has 4 heteroatoms. The first kappa shape index (κ1) is 9.36. The zero-order valence-electron chi connectivity index (χ0n) is 8.31. The summed E-state index contributed by atoms with van der Waals surface area (Å²) in [5.74, 6) is 0. The molecular weight excluding hydrogens is 222 g/mol. The molecular formula is C12H8ClN3. The summed E-state index contributed by atoms with van der Waals surface area (Å²) in [6.45, 7) is 0. The lowest BCUT2D eigenvalue weighted by Gasteiger charge is -2.00. The maximum atomic E-state index is 5.83. The second kappa shape index (κ2) is 3.61. The van der Waals surface area contributed by atoms with Gasteiger partial charge in [0.15, 0.2) is 0 Å². The molecule has 0 bridgehead atoms. The number of H-pyrrole nitrogens is 1. The second-order valence-electron chi connectivity index (χ2n) is 3.51. The molecule has 16 heavy (non-hydrogen) atoms. The first-order valence-electron chi connectivity index (χ1n) is 4.88. The van der Waals surface area contributed by atoms with Crippen LogP contribution in [0, 0.1) is 0 Å². The lowest BCUT2D eigenvalue weighted by Crippen LogP contribution is -1.85. The van der Waals surface area contributed by atoms with Crippen LogP contribution in [0.5, 0.6) is 0 Å². The van der Waals surface area contributed by atoms with Crippen molar-refractivity contribution in [1.29, 1.82) is 0 Å². The minimum absolute atomic E-state index is 0.458. The van der Waals surface area contributed by atoms with Crippen LogP contribution >= 0.6 is 11.6 Å². The van der Waals surface area contributed by atoms with Crippen LogP contribution in [-0.2, 0) is 0 Å². The zero-order valence-corrected chi connectivity index (χ0v) is 9.07. The van der Waals surface area contributed by atoms with E-state index in [1.54, 1.807) is 6.07 Å². The van der Waals surface area contributed by atoms with Crippen LogP contribution in [0.1, 0.15) is 0 Å². The van der Waals surface area contributed by atoms with E-state index >= 15 is 0 Å². The topological polar surface area (TPSA) is 41.6 Å². The normalized spacial score (nSPS) is 10.8. The number of hydrogen-bond acceptors (Lipinski definition) is 2. The molecule has 0 spiro atoms. The van der Waals surface area contributed by atoms with Gasteiger partial charge >= 0.3 is 0 Å². The van der Waals surface area contributed by atoms with Gasteiger partial charge in [0.05, 0.1) is 5.69 Å². The molecule has 3 rings (SSSR count). The van der Waals surface area contributed by atoms with Crippen molar-refractivity contribution in [2.24, 2.45) is 0 Å². The van der Waals surface area contributed by atoms with Crippen LogP contribution in [0.4, 0.5) is 0 Å². The molecule has 0 amide bonds. The number of aromatic amines is 1. The number of halogens is 1. The number of hydrogen-bond donors (Lipinski definition) is 1. The number of fused-ring (bicyclic) bond motifs is 1. The minimum atomic E-state index is 0.458. The largest absolute Gasteiger partial charge is 0.361 e. The highest BCUT2D eigenvalue weighted by atomic mass is 35.5. The fourth-order valence-electron chi connectivity index (χ4n) is 1.70. The maximum absolute atomic E-state index is 5.83. The van der Waals surface area contributed by atoms with Gasteiger partial charge in [0.25, 0.3) is 0 Å². The van der Waals surface area contributed by atoms with Crippen LogP contribution in [0.15, 0.2) is 42.9 Å². The van der Waals surface area contributed by atoms with Crippen molar-refractivity contribution in [1.82, 2.24) is 15.0 Å². The molecule has 3 nitrogen and oxygen atoms in total. The lowest BCUT2D eigenvalue weighted by molar-refractivity contribution is 1.17. The molecule has 3 aromatic rings. The summed E-state index contributed by atoms with van der Waals surface area (Å²) in [4.78, 5) is 11.2. The fraction of sp³-hybridized carbons (Fsp3) is 0. The lowest BCUT2D eigenvalue weighted by atomic mass is 10.1. The molecule has 0 aliphatic heterocycles. The predicted octanol–water partition coefficient (Wildman–Crippen LogP) is 3.28. The van der Waals surface area contributed by atoms with Crippen LogP contribution in [0.2, 0.25) is 5.15 Å². The predicted molar refractivity (Wildman–Crippen MR) is 64.3 cm³/mol. The molecule has 0 fully saturated rings. The van der Waals surface area contributed by atoms with Crippen molar-refractivity contribution in [3.63, 3.8) is 0 Å². The standard InChI is InChI=1S/C12H8ClN3/c13-12-6-11(15-7-16-12)8-1-2-10-9(5-8)3-4-14-10/h1-7,14H. The Morgan fingerprint density at radius 2 is 2.00 bits per heavy atom. The average Bonchev–Trinajstić information content (AvgIpc) is 2.75. The summed E-state index contributed by atoms with van der Waals surface area (Å²) in [6.07, 6.45) is 3.39. The molecule has 0 saturated carbocycles. The fourth-order valence-corrected chi connectivity index (χ4v) is 1.85. The molecule has 2 aromatic heterocycles. The summed E-state index contributed by atoms with van der Waals surface area (Å²) < 4.78 is 0. The number of nitrogens with one attached hydrogen (secondary N) is 1. The second-order valence-corrected chi connectivity index (χ2v) is 3.89. The number of benzene rings is 1. The van der Waals surface area contributed by atoms with E-state index in [1.807, 2.05) is 24.4 Å². The Kier molecular flexibility index (Phi) is 2.11. The Labute approximate surface area is 97.1 Å². The van der Waals surface area contributed by atoms with Crippen molar-refractivity contribution in [3.05, 3.63) is 48.0 Å². The Morgan fingerprint density at radius 1 is 1.06 bits per heavy atom. The Balaban J connectivity index is 2.18. The van der Waals surface area contributed by atoms with Crippen LogP contribution < -0.4 is 0 Å². The third-order valence-electron chi connectivity index (χ3n) is 2.48. The quantitative estimate of drug-likeness (QED) is 0.651. The smallest absolute Gasteiger partial charge is 0.133 e. The number of nitrogens with zero attached hydrogens (tertiary/aromatic N) is 2. The number of rotatable bonds is 1. The van der Waals surface area contributed by atoms with E-state index in [-0.39, 0.29) is 0 Å². The van der Waals surface area contributed by atoms with E-state index in [9.17, 15) is 0 Å². The van der Waals surface area contributed by atoms with Crippen molar-refractivity contribution in [2.45, 2.75) is 0 Å². The van der Waals surface area contributed by atoms with Gasteiger partial charge in [-0.25, -0.2) is 9.97 Å². The molecule has 0 atom stereocenters. The molecule has 2 heterocycles. The molecule has 1 aromatic carbocycles. The molecule has 0 unspecified atom stereocenters. The van der Waals surface area contributed by atoms with Gasteiger partial charge in [0.2, 0.25) is 0 Å². The van der Waals surface area contributed by atoms with Crippen molar-refractivity contribution in [2.75, 3.05) is 0 Å². The Hall–Kier alpha value is -1.87. The third kappa shape index (κ3) is 1.55. The molecule has 0 aliphatic rings. The summed E-state index contributed by atoms with van der Waals surface area (Å²) in [6, 6.07) is 9.90. The van der Waals surface area contributed by atoms with E-state index in [0.717, 1.165) is 22.2 Å². The van der Waals surface area contributed by atoms with Crippen LogP contribution in [-0.4, -0.2) is 15.0 Å². The van der Waals surface area contributed by atoms with Crippen LogP contribution in [0.25, 0.3) is 22.2 Å². The van der Waals surface area contributed by atoms with Gasteiger partial charge in [-0.05, 0) is 18.2 Å². The Morgan fingerprint density at radius 3 is 2.88 bits per heavy atom. The van der Waals surface area contributed by atoms with E-state index in [2.05, 4.69) is 21.0 Å². The first-order valence-corrected chi connectivity index (χ1v) is 5.26. The molecule has 78 valence electrons. The van der Waals surface area contributed by atoms with Crippen molar-refractivity contribution < 1.29 is 0 Å². The van der Waals surface area contributed by atoms with E-state index in [4.69, 9.17) is 11.6 Å². The van der Waals surface area contributed by atoms with Gasteiger partial charge in [0, 0.05) is 28.7 Å². The summed E-state index contributed by atoms with van der Waals surface area (Å²) >= 11 is 5.83. The highest BCUT2D eigenvalue weighted by Crippen LogP contribution is 2.23. The number of aromatic nitrogens is 3. The van der Waals surface area contributed by atoms with E-state index in [0.29, 0.717) is 5.15 Å². The third-order valence-corrected chi connectivity index (χ3v) is 2.69. The maximum Gasteiger partial charge on any atom is 0.133 e. The SMILES string of the molecule is Clc1cc(-c2ccc3[nH]ccc3c2)ncn1. The molecule has 0 aliphatic carbocycles. The minimum Gasteiger partial charge on any atom is -0.361 e. The Bertz CT molecular complexity index is 645. The van der Waals surface area contributed by atoms with Gasteiger partial charge < -0.3 is 4.98 Å². The molecule has 1 N–H and O–H groups in total. The highest BCUT2D eigenvalue weighted by molar-refractivity contribution is 6.29. The zero-order chi connectivity index (χ0) is 11.0. The summed E-state index contributed by atoms with van der Waals surface area (Å²) in [5, 5.41) is 1.62. The van der Waals surface area contributed by atoms with E-state index in [1.165, 1.54) is 6.33 Å². The highest BCUT2D eigenvalue weighted by Gasteiger charge is 2.02. The molecule has 0 saturated heterocycles. The van der Waals surface area contributed by atoms with E-state index < -0.39 is 0 Å². The first-order chi connectivity index (χ1) is 7.83. The monoisotopic (exact) mass is 229 g/mol. The van der Waals surface area contributed by atoms with Gasteiger partial charge in [0.1, 0.15) is 11.5 Å². The molecule has 0 radical (unpaired) electrons. The average molecular weight is 230 g/mol. The van der Waals surface area contributed by atoms with Gasteiger partial charge in [-0.2, -0.15) is 0 Å². The summed E-state index contributed by atoms with van der Waals surface area (Å²) in [5.41, 5.74) is 2.99. The van der Waals surface area contributed by atoms with Crippen LogP contribution in [0.3, 0.4) is 0 Å². The van der Waals surface area contributed by atoms with Gasteiger partial charge in [-0.15, -0.1) is 0 Å². The van der Waals surface area contributed by atoms with Crippen molar-refractivity contribution >= 4 is 22.5 Å². The van der Waals surface area contributed by atoms with Crippen molar-refractivity contribution in [3.8, 4) is 11.3 Å².